The topological polar surface area (TPSA) is 60.5 Å². The van der Waals surface area contributed by atoms with Crippen molar-refractivity contribution >= 4 is 17.5 Å². The Morgan fingerprint density at radius 2 is 1.93 bits per heavy atom. The summed E-state index contributed by atoms with van der Waals surface area (Å²) in [6.07, 6.45) is 1.56. The van der Waals surface area contributed by atoms with Crippen molar-refractivity contribution in [2.75, 3.05) is 13.1 Å². The first kappa shape index (κ1) is 17.8. The normalized spacial score (nSPS) is 20.0. The Hall–Kier alpha value is -2.57. The van der Waals surface area contributed by atoms with Crippen molar-refractivity contribution in [1.82, 2.24) is 14.7 Å². The number of nitrogens with zero attached hydrogens (tertiary/aromatic N) is 3. The van der Waals surface area contributed by atoms with Crippen LogP contribution in [0.1, 0.15) is 24.3 Å². The van der Waals surface area contributed by atoms with Crippen LogP contribution in [0.3, 0.4) is 0 Å². The van der Waals surface area contributed by atoms with Crippen molar-refractivity contribution < 1.29 is 13.9 Å². The zero-order valence-electron chi connectivity index (χ0n) is 15.1. The van der Waals surface area contributed by atoms with E-state index in [1.165, 1.54) is 0 Å². The molecule has 1 fully saturated rings. The molecule has 1 saturated heterocycles. The maximum absolute atomic E-state index is 13.3. The quantitative estimate of drug-likeness (QED) is 0.682. The number of hydrogen-bond acceptors (Lipinski definition) is 4. The Bertz CT molecular complexity index is 941. The van der Waals surface area contributed by atoms with Gasteiger partial charge in [0, 0.05) is 24.2 Å². The van der Waals surface area contributed by atoms with Crippen molar-refractivity contribution in [2.45, 2.75) is 26.1 Å². The van der Waals surface area contributed by atoms with Gasteiger partial charge in [-0.05, 0) is 44.2 Å². The highest BCUT2D eigenvalue weighted by Crippen LogP contribution is 2.25. The van der Waals surface area contributed by atoms with Gasteiger partial charge in [0.05, 0.1) is 24.2 Å². The van der Waals surface area contributed by atoms with E-state index in [1.807, 2.05) is 36.9 Å². The average Bonchev–Trinajstić information content (AvgIpc) is 3.30. The van der Waals surface area contributed by atoms with E-state index in [2.05, 4.69) is 5.10 Å². The van der Waals surface area contributed by atoms with Gasteiger partial charge in [-0.25, -0.2) is 4.68 Å². The average molecular weight is 386 g/mol. The molecule has 7 heteroatoms. The molecule has 140 valence electrons. The van der Waals surface area contributed by atoms with Gasteiger partial charge in [-0.2, -0.15) is 5.10 Å². The monoisotopic (exact) mass is 385 g/mol. The van der Waals surface area contributed by atoms with Crippen molar-refractivity contribution in [2.24, 2.45) is 0 Å². The molecule has 0 spiro atoms. The summed E-state index contributed by atoms with van der Waals surface area (Å²) in [5, 5.41) is 5.18. The summed E-state index contributed by atoms with van der Waals surface area (Å²) < 4.78 is 12.8. The van der Waals surface area contributed by atoms with Crippen LogP contribution in [-0.4, -0.2) is 45.9 Å². The van der Waals surface area contributed by atoms with E-state index in [4.69, 9.17) is 20.8 Å². The van der Waals surface area contributed by atoms with Crippen molar-refractivity contribution in [3.8, 4) is 17.1 Å². The van der Waals surface area contributed by atoms with Crippen LogP contribution in [0.15, 0.2) is 53.1 Å². The van der Waals surface area contributed by atoms with Crippen LogP contribution in [0.5, 0.6) is 0 Å². The lowest BCUT2D eigenvalue weighted by Gasteiger charge is -2.35. The van der Waals surface area contributed by atoms with E-state index < -0.39 is 0 Å². The summed E-state index contributed by atoms with van der Waals surface area (Å²) in [5.41, 5.74) is 1.78. The third-order valence-corrected chi connectivity index (χ3v) is 4.70. The minimum Gasteiger partial charge on any atom is -0.463 e. The van der Waals surface area contributed by atoms with E-state index in [0.717, 1.165) is 5.69 Å². The second-order valence-electron chi connectivity index (χ2n) is 6.75. The second kappa shape index (κ2) is 7.21. The molecule has 1 amide bonds. The van der Waals surface area contributed by atoms with Gasteiger partial charge in [-0.3, -0.25) is 4.79 Å². The van der Waals surface area contributed by atoms with Gasteiger partial charge in [-0.15, -0.1) is 0 Å². The zero-order valence-corrected chi connectivity index (χ0v) is 15.9. The fourth-order valence-electron chi connectivity index (χ4n) is 3.39. The summed E-state index contributed by atoms with van der Waals surface area (Å²) in [7, 11) is 0. The van der Waals surface area contributed by atoms with E-state index in [9.17, 15) is 4.79 Å². The lowest BCUT2D eigenvalue weighted by molar-refractivity contribution is -0.0588. The Morgan fingerprint density at radius 3 is 2.59 bits per heavy atom. The molecule has 6 nitrogen and oxygen atoms in total. The van der Waals surface area contributed by atoms with Crippen molar-refractivity contribution in [3.63, 3.8) is 0 Å². The van der Waals surface area contributed by atoms with Gasteiger partial charge in [0.2, 0.25) is 0 Å². The SMILES string of the molecule is CC1CN(C(=O)c2cc(-c3ccco3)nn2-c2cccc(Cl)c2)CC(C)O1. The molecular formula is C20H20ClN3O3. The summed E-state index contributed by atoms with van der Waals surface area (Å²) in [5.74, 6) is 0.510. The number of rotatable bonds is 3. The van der Waals surface area contributed by atoms with Gasteiger partial charge >= 0.3 is 0 Å². The number of carbonyl (C=O) groups excluding carboxylic acids is 1. The molecule has 4 rings (SSSR count). The smallest absolute Gasteiger partial charge is 0.272 e. The Kier molecular flexibility index (Phi) is 4.76. The molecule has 0 N–H and O–H groups in total. The highest BCUT2D eigenvalue weighted by molar-refractivity contribution is 6.30. The second-order valence-corrected chi connectivity index (χ2v) is 7.19. The van der Waals surface area contributed by atoms with Crippen LogP contribution >= 0.6 is 11.6 Å². The van der Waals surface area contributed by atoms with Gasteiger partial charge in [0.1, 0.15) is 11.4 Å². The lowest BCUT2D eigenvalue weighted by Crippen LogP contribution is -2.48. The fourth-order valence-corrected chi connectivity index (χ4v) is 3.57. The third kappa shape index (κ3) is 3.63. The standard InChI is InChI=1S/C20H20ClN3O3/c1-13-11-23(12-14(2)27-13)20(25)18-10-17(19-7-4-8-26-19)22-24(18)16-6-3-5-15(21)9-16/h3-10,13-14H,11-12H2,1-2H3. The molecule has 2 aromatic heterocycles. The number of aromatic nitrogens is 2. The van der Waals surface area contributed by atoms with Gasteiger partial charge in [0.15, 0.2) is 5.76 Å². The largest absolute Gasteiger partial charge is 0.463 e. The van der Waals surface area contributed by atoms with Crippen molar-refractivity contribution in [1.29, 1.82) is 0 Å². The number of benzene rings is 1. The molecule has 1 aliphatic heterocycles. The number of halogens is 1. The molecule has 3 heterocycles. The predicted octanol–water partition coefficient (Wildman–Crippen LogP) is 4.04. The van der Waals surface area contributed by atoms with Gasteiger partial charge in [0.25, 0.3) is 5.91 Å². The van der Waals surface area contributed by atoms with E-state index in [0.29, 0.717) is 35.3 Å². The first-order valence-corrected chi connectivity index (χ1v) is 9.23. The Labute approximate surface area is 162 Å². The molecule has 0 saturated carbocycles. The molecule has 1 aliphatic rings. The summed E-state index contributed by atoms with van der Waals surface area (Å²) >= 11 is 6.15. The third-order valence-electron chi connectivity index (χ3n) is 4.46. The van der Waals surface area contributed by atoms with Crippen LogP contribution in [-0.2, 0) is 4.74 Å². The Morgan fingerprint density at radius 1 is 1.15 bits per heavy atom. The first-order valence-electron chi connectivity index (χ1n) is 8.86. The van der Waals surface area contributed by atoms with Crippen LogP contribution in [0.2, 0.25) is 5.02 Å². The van der Waals surface area contributed by atoms with Gasteiger partial charge in [-0.1, -0.05) is 17.7 Å². The maximum Gasteiger partial charge on any atom is 0.272 e. The number of ether oxygens (including phenoxy) is 1. The number of furan rings is 1. The number of morpholine rings is 1. The van der Waals surface area contributed by atoms with Crippen LogP contribution in [0, 0.1) is 0 Å². The molecule has 1 aromatic carbocycles. The molecule has 0 bridgehead atoms. The fraction of sp³-hybridized carbons (Fsp3) is 0.300. The molecular weight excluding hydrogens is 366 g/mol. The van der Waals surface area contributed by atoms with E-state index >= 15 is 0 Å². The predicted molar refractivity (Wildman–Crippen MR) is 102 cm³/mol. The highest BCUT2D eigenvalue weighted by atomic mass is 35.5. The molecule has 27 heavy (non-hydrogen) atoms. The van der Waals surface area contributed by atoms with Crippen LogP contribution < -0.4 is 0 Å². The van der Waals surface area contributed by atoms with Crippen LogP contribution in [0.4, 0.5) is 0 Å². The Balaban J connectivity index is 1.77. The van der Waals surface area contributed by atoms with E-state index in [-0.39, 0.29) is 18.1 Å². The molecule has 3 aromatic rings. The number of amides is 1. The molecule has 2 unspecified atom stereocenters. The zero-order chi connectivity index (χ0) is 19.0. The summed E-state index contributed by atoms with van der Waals surface area (Å²) in [4.78, 5) is 15.1. The lowest BCUT2D eigenvalue weighted by atomic mass is 10.2. The van der Waals surface area contributed by atoms with E-state index in [1.54, 1.807) is 35.2 Å². The minimum atomic E-state index is -0.0951. The first-order chi connectivity index (χ1) is 13.0. The minimum absolute atomic E-state index is 0.00946. The number of hydrogen-bond donors (Lipinski definition) is 0. The summed E-state index contributed by atoms with van der Waals surface area (Å²) in [6.45, 7) is 5.02. The number of carbonyl (C=O) groups is 1. The molecule has 0 radical (unpaired) electrons. The highest BCUT2D eigenvalue weighted by Gasteiger charge is 2.29. The van der Waals surface area contributed by atoms with Gasteiger partial charge < -0.3 is 14.1 Å². The maximum atomic E-state index is 13.3. The molecule has 2 atom stereocenters. The summed E-state index contributed by atoms with van der Waals surface area (Å²) in [6, 6.07) is 12.6. The van der Waals surface area contributed by atoms with Crippen LogP contribution in [0.25, 0.3) is 17.1 Å². The molecule has 0 aliphatic carbocycles. The van der Waals surface area contributed by atoms with Crippen molar-refractivity contribution in [3.05, 3.63) is 59.4 Å².